The molecule has 2 aromatic carbocycles. The molecule has 0 aliphatic carbocycles. The molecular formula is C30H48N4O6. The quantitative estimate of drug-likeness (QED) is 0.284. The Morgan fingerprint density at radius 1 is 0.450 bits per heavy atom. The predicted octanol–water partition coefficient (Wildman–Crippen LogP) is 1.85. The van der Waals surface area contributed by atoms with Crippen LogP contribution in [0.25, 0.3) is 0 Å². The molecule has 0 fully saturated rings. The van der Waals surface area contributed by atoms with Crippen LogP contribution in [-0.4, -0.2) is 89.2 Å². The largest absolute Gasteiger partial charge is 0.507 e. The summed E-state index contributed by atoms with van der Waals surface area (Å²) < 4.78 is 22.6. The van der Waals surface area contributed by atoms with E-state index in [0.29, 0.717) is 117 Å². The minimum absolute atomic E-state index is 0.327. The molecule has 0 saturated carbocycles. The van der Waals surface area contributed by atoms with Crippen LogP contribution in [0.4, 0.5) is 0 Å². The molecule has 0 amide bonds. The van der Waals surface area contributed by atoms with Crippen LogP contribution in [0.3, 0.4) is 0 Å². The number of ether oxygens (including phenoxy) is 4. The number of phenols is 2. The lowest BCUT2D eigenvalue weighted by atomic mass is 10.0. The first-order chi connectivity index (χ1) is 19.5. The van der Waals surface area contributed by atoms with E-state index in [2.05, 4.69) is 21.3 Å². The van der Waals surface area contributed by atoms with E-state index >= 15 is 0 Å². The van der Waals surface area contributed by atoms with Crippen molar-refractivity contribution in [3.63, 3.8) is 0 Å². The molecule has 0 aromatic heterocycles. The lowest BCUT2D eigenvalue weighted by Gasteiger charge is -2.14. The molecule has 2 aromatic rings. The van der Waals surface area contributed by atoms with Crippen LogP contribution in [-0.2, 0) is 45.1 Å². The summed E-state index contributed by atoms with van der Waals surface area (Å²) in [6, 6.07) is 8.04. The summed E-state index contributed by atoms with van der Waals surface area (Å²) >= 11 is 0. The van der Waals surface area contributed by atoms with Crippen LogP contribution < -0.4 is 21.3 Å². The summed E-state index contributed by atoms with van der Waals surface area (Å²) in [6.45, 7) is 13.5. The van der Waals surface area contributed by atoms with Gasteiger partial charge in [0.2, 0.25) is 0 Å². The first kappa shape index (κ1) is 32.2. The molecule has 3 rings (SSSR count). The van der Waals surface area contributed by atoms with Gasteiger partial charge < -0.3 is 50.4 Å². The van der Waals surface area contributed by atoms with Gasteiger partial charge in [0.15, 0.2) is 0 Å². The van der Waals surface area contributed by atoms with E-state index in [-0.39, 0.29) is 0 Å². The molecule has 1 heterocycles. The van der Waals surface area contributed by atoms with Crippen LogP contribution in [0, 0.1) is 13.8 Å². The van der Waals surface area contributed by atoms with Gasteiger partial charge in [-0.2, -0.15) is 0 Å². The fraction of sp³-hybridized carbons (Fsp3) is 0.600. The maximum atomic E-state index is 10.7. The van der Waals surface area contributed by atoms with Gasteiger partial charge in [-0.15, -0.1) is 0 Å². The molecule has 10 heteroatoms. The first-order valence-electron chi connectivity index (χ1n) is 14.3. The highest BCUT2D eigenvalue weighted by molar-refractivity contribution is 5.44. The molecular weight excluding hydrogens is 512 g/mol. The van der Waals surface area contributed by atoms with E-state index in [0.717, 1.165) is 33.4 Å². The van der Waals surface area contributed by atoms with E-state index < -0.39 is 0 Å². The summed E-state index contributed by atoms with van der Waals surface area (Å²) in [6.07, 6.45) is 0. The van der Waals surface area contributed by atoms with Crippen molar-refractivity contribution in [2.24, 2.45) is 0 Å². The molecule has 0 atom stereocenters. The van der Waals surface area contributed by atoms with E-state index in [9.17, 15) is 10.2 Å². The zero-order valence-electron chi connectivity index (χ0n) is 24.2. The summed E-state index contributed by atoms with van der Waals surface area (Å²) in [4.78, 5) is 0. The Morgan fingerprint density at radius 3 is 0.950 bits per heavy atom. The molecule has 224 valence electrons. The van der Waals surface area contributed by atoms with Crippen molar-refractivity contribution in [2.75, 3.05) is 79.0 Å². The lowest BCUT2D eigenvalue weighted by molar-refractivity contribution is 0.0497. The number of aromatic hydroxyl groups is 2. The SMILES string of the molecule is Cc1cc2c(O)c(c1)CNCCOCCOCCNCc1cc(C)cc(c1O)CNCCOCCOCCNC2. The molecule has 6 N–H and O–H groups in total. The Morgan fingerprint density at radius 2 is 0.700 bits per heavy atom. The number of nitrogens with one attached hydrogen (secondary N) is 4. The van der Waals surface area contributed by atoms with Crippen LogP contribution in [0.2, 0.25) is 0 Å². The van der Waals surface area contributed by atoms with Crippen LogP contribution in [0.1, 0.15) is 33.4 Å². The second-order valence-electron chi connectivity index (χ2n) is 10.0. The maximum Gasteiger partial charge on any atom is 0.124 e. The summed E-state index contributed by atoms with van der Waals surface area (Å²) in [7, 11) is 0. The molecule has 40 heavy (non-hydrogen) atoms. The third-order valence-corrected chi connectivity index (χ3v) is 6.52. The second kappa shape index (κ2) is 19.0. The van der Waals surface area contributed by atoms with Gasteiger partial charge in [0.25, 0.3) is 0 Å². The smallest absolute Gasteiger partial charge is 0.124 e. The number of rotatable bonds is 0. The van der Waals surface area contributed by atoms with E-state index in [1.54, 1.807) is 0 Å². The third kappa shape index (κ3) is 12.1. The zero-order chi connectivity index (χ0) is 28.4. The van der Waals surface area contributed by atoms with Crippen molar-refractivity contribution >= 4 is 0 Å². The molecule has 1 aliphatic rings. The minimum Gasteiger partial charge on any atom is -0.507 e. The van der Waals surface area contributed by atoms with Gasteiger partial charge >= 0.3 is 0 Å². The normalized spacial score (nSPS) is 19.1. The van der Waals surface area contributed by atoms with Crippen molar-refractivity contribution in [1.82, 2.24) is 21.3 Å². The van der Waals surface area contributed by atoms with Crippen molar-refractivity contribution in [3.05, 3.63) is 57.6 Å². The first-order valence-corrected chi connectivity index (χ1v) is 14.3. The highest BCUT2D eigenvalue weighted by Gasteiger charge is 2.10. The summed E-state index contributed by atoms with van der Waals surface area (Å²) in [5, 5.41) is 34.8. The average molecular weight is 561 g/mol. The molecule has 0 saturated heterocycles. The van der Waals surface area contributed by atoms with Crippen LogP contribution >= 0.6 is 0 Å². The molecule has 4 bridgehead atoms. The van der Waals surface area contributed by atoms with E-state index in [4.69, 9.17) is 18.9 Å². The summed E-state index contributed by atoms with van der Waals surface area (Å²) in [5.74, 6) is 0.655. The van der Waals surface area contributed by atoms with E-state index in [1.165, 1.54) is 0 Å². The number of phenolic OH excluding ortho intramolecular Hbond substituents is 2. The Kier molecular flexibility index (Phi) is 15.3. The Labute approximate surface area is 238 Å². The molecule has 0 radical (unpaired) electrons. The Bertz CT molecular complexity index is 857. The number of aryl methyl sites for hydroxylation is 2. The molecule has 0 spiro atoms. The van der Waals surface area contributed by atoms with Crippen LogP contribution in [0.5, 0.6) is 11.5 Å². The zero-order valence-corrected chi connectivity index (χ0v) is 24.2. The van der Waals surface area contributed by atoms with Crippen molar-refractivity contribution in [1.29, 1.82) is 0 Å². The van der Waals surface area contributed by atoms with Gasteiger partial charge in [-0.1, -0.05) is 35.4 Å². The third-order valence-electron chi connectivity index (χ3n) is 6.52. The van der Waals surface area contributed by atoms with Gasteiger partial charge in [-0.3, -0.25) is 0 Å². The summed E-state index contributed by atoms with van der Waals surface area (Å²) in [5.41, 5.74) is 5.75. The monoisotopic (exact) mass is 560 g/mol. The van der Waals surface area contributed by atoms with Gasteiger partial charge in [0.1, 0.15) is 11.5 Å². The average Bonchev–Trinajstić information content (AvgIpc) is 2.93. The highest BCUT2D eigenvalue weighted by atomic mass is 16.5. The van der Waals surface area contributed by atoms with Gasteiger partial charge in [-0.05, 0) is 13.8 Å². The van der Waals surface area contributed by atoms with Crippen molar-refractivity contribution in [2.45, 2.75) is 40.0 Å². The Hall–Kier alpha value is -2.28. The van der Waals surface area contributed by atoms with Crippen molar-refractivity contribution in [3.8, 4) is 11.5 Å². The molecule has 0 unspecified atom stereocenters. The standard InChI is InChI=1S/C30H48N4O6/c1-23-15-25-19-31-3-7-37-11-13-39-9-5-33-21-27-17-24(2)18-28(30(27)36)22-34-6-10-40-14-12-38-8-4-32-20-26(16-23)29(25)35/h15-18,31-36H,3-14,19-22H2,1-2H3. The lowest BCUT2D eigenvalue weighted by Crippen LogP contribution is -2.23. The maximum absolute atomic E-state index is 10.7. The highest BCUT2D eigenvalue weighted by Crippen LogP contribution is 2.25. The minimum atomic E-state index is 0.327. The Balaban J connectivity index is 1.46. The van der Waals surface area contributed by atoms with Gasteiger partial charge in [-0.25, -0.2) is 0 Å². The molecule has 1 aliphatic heterocycles. The second-order valence-corrected chi connectivity index (χ2v) is 10.0. The van der Waals surface area contributed by atoms with Gasteiger partial charge in [0, 0.05) is 74.6 Å². The molecule has 10 nitrogen and oxygen atoms in total. The fourth-order valence-electron chi connectivity index (χ4n) is 4.52. The number of hydrogen-bond acceptors (Lipinski definition) is 10. The van der Waals surface area contributed by atoms with Crippen molar-refractivity contribution < 1.29 is 29.2 Å². The predicted molar refractivity (Wildman–Crippen MR) is 156 cm³/mol. The fourth-order valence-corrected chi connectivity index (χ4v) is 4.52. The number of benzene rings is 2. The number of hydrogen-bond donors (Lipinski definition) is 6. The van der Waals surface area contributed by atoms with E-state index in [1.807, 2.05) is 38.1 Å². The number of fused-ring (bicyclic) bond motifs is 4. The van der Waals surface area contributed by atoms with Gasteiger partial charge in [0.05, 0.1) is 52.9 Å². The topological polar surface area (TPSA) is 126 Å². The van der Waals surface area contributed by atoms with Crippen LogP contribution in [0.15, 0.2) is 24.3 Å².